The SMILES string of the molecule is CCNC(=NCc1cccc(OC)c1)NCc1ccc(N(C)C)cc1.I. The van der Waals surface area contributed by atoms with Gasteiger partial charge in [0, 0.05) is 32.9 Å². The lowest BCUT2D eigenvalue weighted by molar-refractivity contribution is 0.414. The molecule has 2 rings (SSSR count). The monoisotopic (exact) mass is 468 g/mol. The zero-order valence-corrected chi connectivity index (χ0v) is 18.3. The van der Waals surface area contributed by atoms with Crippen molar-refractivity contribution < 1.29 is 4.74 Å². The second-order valence-electron chi connectivity index (χ2n) is 5.96. The standard InChI is InChI=1S/C20H28N4O.HI/c1-5-21-20(23-15-17-7-6-8-19(13-17)25-4)22-14-16-9-11-18(12-10-16)24(2)3;/h6-13H,5,14-15H2,1-4H3,(H2,21,22,23);1H. The largest absolute Gasteiger partial charge is 0.497 e. The van der Waals surface area contributed by atoms with Gasteiger partial charge in [0.25, 0.3) is 0 Å². The van der Waals surface area contributed by atoms with E-state index in [4.69, 9.17) is 4.74 Å². The maximum atomic E-state index is 5.26. The molecular formula is C20H29IN4O. The van der Waals surface area contributed by atoms with E-state index in [1.54, 1.807) is 7.11 Å². The Bertz CT molecular complexity index is 686. The third kappa shape index (κ3) is 7.11. The fourth-order valence-electron chi connectivity index (χ4n) is 2.38. The van der Waals surface area contributed by atoms with Crippen molar-refractivity contribution in [3.05, 3.63) is 59.7 Å². The molecule has 0 aliphatic carbocycles. The molecule has 2 aromatic carbocycles. The van der Waals surface area contributed by atoms with Crippen LogP contribution in [-0.2, 0) is 13.1 Å². The quantitative estimate of drug-likeness (QED) is 0.370. The third-order valence-corrected chi connectivity index (χ3v) is 3.81. The van der Waals surface area contributed by atoms with Crippen LogP contribution in [0.25, 0.3) is 0 Å². The Morgan fingerprint density at radius 2 is 1.77 bits per heavy atom. The Kier molecular flexibility index (Phi) is 9.87. The van der Waals surface area contributed by atoms with E-state index in [9.17, 15) is 0 Å². The molecule has 0 fully saturated rings. The molecule has 5 nitrogen and oxygen atoms in total. The summed E-state index contributed by atoms with van der Waals surface area (Å²) in [5.74, 6) is 1.66. The highest BCUT2D eigenvalue weighted by Crippen LogP contribution is 2.13. The average molecular weight is 468 g/mol. The lowest BCUT2D eigenvalue weighted by Gasteiger charge is -2.14. The molecule has 0 atom stereocenters. The molecule has 0 saturated heterocycles. The topological polar surface area (TPSA) is 48.9 Å². The van der Waals surface area contributed by atoms with Crippen LogP contribution in [-0.4, -0.2) is 33.7 Å². The maximum absolute atomic E-state index is 5.26. The van der Waals surface area contributed by atoms with E-state index < -0.39 is 0 Å². The van der Waals surface area contributed by atoms with Crippen LogP contribution in [0.2, 0.25) is 0 Å². The minimum Gasteiger partial charge on any atom is -0.497 e. The summed E-state index contributed by atoms with van der Waals surface area (Å²) in [4.78, 5) is 6.74. The highest BCUT2D eigenvalue weighted by Gasteiger charge is 2.01. The molecule has 0 saturated carbocycles. The van der Waals surface area contributed by atoms with Crippen molar-refractivity contribution in [2.45, 2.75) is 20.0 Å². The molecule has 0 aromatic heterocycles. The van der Waals surface area contributed by atoms with Crippen LogP contribution >= 0.6 is 24.0 Å². The summed E-state index contributed by atoms with van der Waals surface area (Å²) in [7, 11) is 5.76. The predicted octanol–water partition coefficient (Wildman–Crippen LogP) is 3.63. The van der Waals surface area contributed by atoms with Gasteiger partial charge in [-0.25, -0.2) is 4.99 Å². The Morgan fingerprint density at radius 1 is 1.04 bits per heavy atom. The Labute approximate surface area is 173 Å². The molecule has 6 heteroatoms. The summed E-state index contributed by atoms with van der Waals surface area (Å²) in [6, 6.07) is 16.5. The smallest absolute Gasteiger partial charge is 0.191 e. The number of aliphatic imine (C=N–C) groups is 1. The molecule has 0 bridgehead atoms. The molecule has 0 aliphatic rings. The van der Waals surface area contributed by atoms with E-state index >= 15 is 0 Å². The Morgan fingerprint density at radius 3 is 2.38 bits per heavy atom. The highest BCUT2D eigenvalue weighted by atomic mass is 127. The van der Waals surface area contributed by atoms with Gasteiger partial charge in [0.1, 0.15) is 5.75 Å². The van der Waals surface area contributed by atoms with Crippen molar-refractivity contribution in [2.75, 3.05) is 32.6 Å². The molecule has 0 heterocycles. The van der Waals surface area contributed by atoms with Gasteiger partial charge < -0.3 is 20.3 Å². The fourth-order valence-corrected chi connectivity index (χ4v) is 2.38. The Hall–Kier alpha value is -1.96. The first-order chi connectivity index (χ1) is 12.1. The molecule has 0 radical (unpaired) electrons. The van der Waals surface area contributed by atoms with E-state index in [1.807, 2.05) is 32.3 Å². The number of benzene rings is 2. The summed E-state index contributed by atoms with van der Waals surface area (Å²) in [6.07, 6.45) is 0. The van der Waals surface area contributed by atoms with Crippen molar-refractivity contribution in [1.29, 1.82) is 0 Å². The van der Waals surface area contributed by atoms with E-state index in [-0.39, 0.29) is 24.0 Å². The predicted molar refractivity (Wildman–Crippen MR) is 121 cm³/mol. The summed E-state index contributed by atoms with van der Waals surface area (Å²) in [6.45, 7) is 4.22. The van der Waals surface area contributed by atoms with Gasteiger partial charge in [-0.15, -0.1) is 24.0 Å². The van der Waals surface area contributed by atoms with E-state index in [2.05, 4.69) is 57.8 Å². The first-order valence-electron chi connectivity index (χ1n) is 8.53. The minimum atomic E-state index is 0. The van der Waals surface area contributed by atoms with Crippen LogP contribution in [0.4, 0.5) is 5.69 Å². The zero-order valence-electron chi connectivity index (χ0n) is 16.0. The second kappa shape index (κ2) is 11.6. The number of hydrogen-bond acceptors (Lipinski definition) is 3. The molecule has 26 heavy (non-hydrogen) atoms. The number of hydrogen-bond donors (Lipinski definition) is 2. The first kappa shape index (κ1) is 22.1. The fraction of sp³-hybridized carbons (Fsp3) is 0.350. The molecule has 0 amide bonds. The second-order valence-corrected chi connectivity index (χ2v) is 5.96. The molecule has 2 N–H and O–H groups in total. The van der Waals surface area contributed by atoms with Gasteiger partial charge in [-0.05, 0) is 42.3 Å². The van der Waals surface area contributed by atoms with Gasteiger partial charge in [0.15, 0.2) is 5.96 Å². The number of ether oxygens (including phenoxy) is 1. The molecular weight excluding hydrogens is 439 g/mol. The van der Waals surface area contributed by atoms with Crippen LogP contribution in [0.1, 0.15) is 18.1 Å². The van der Waals surface area contributed by atoms with Crippen LogP contribution in [0.5, 0.6) is 5.75 Å². The number of halogens is 1. The third-order valence-electron chi connectivity index (χ3n) is 3.81. The summed E-state index contributed by atoms with van der Waals surface area (Å²) in [5, 5.41) is 6.66. The van der Waals surface area contributed by atoms with Crippen molar-refractivity contribution in [1.82, 2.24) is 10.6 Å². The number of nitrogens with one attached hydrogen (secondary N) is 2. The number of rotatable bonds is 7. The first-order valence-corrected chi connectivity index (χ1v) is 8.53. The van der Waals surface area contributed by atoms with Crippen LogP contribution in [0, 0.1) is 0 Å². The van der Waals surface area contributed by atoms with Crippen molar-refractivity contribution in [3.63, 3.8) is 0 Å². The highest BCUT2D eigenvalue weighted by molar-refractivity contribution is 14.0. The number of guanidine groups is 1. The molecule has 0 spiro atoms. The average Bonchev–Trinajstić information content (AvgIpc) is 2.64. The molecule has 142 valence electrons. The van der Waals surface area contributed by atoms with Crippen molar-refractivity contribution in [2.24, 2.45) is 4.99 Å². The van der Waals surface area contributed by atoms with Crippen LogP contribution < -0.4 is 20.3 Å². The van der Waals surface area contributed by atoms with Gasteiger partial charge in [0.2, 0.25) is 0 Å². The van der Waals surface area contributed by atoms with Gasteiger partial charge in [0.05, 0.1) is 13.7 Å². The zero-order chi connectivity index (χ0) is 18.1. The maximum Gasteiger partial charge on any atom is 0.191 e. The number of anilines is 1. The molecule has 0 aliphatic heterocycles. The Balaban J connectivity index is 0.00000338. The van der Waals surface area contributed by atoms with Crippen LogP contribution in [0.15, 0.2) is 53.5 Å². The van der Waals surface area contributed by atoms with Gasteiger partial charge in [-0.3, -0.25) is 0 Å². The normalized spacial score (nSPS) is 10.7. The number of nitrogens with zero attached hydrogens (tertiary/aromatic N) is 2. The van der Waals surface area contributed by atoms with E-state index in [0.29, 0.717) is 6.54 Å². The van der Waals surface area contributed by atoms with Gasteiger partial charge in [-0.2, -0.15) is 0 Å². The minimum absolute atomic E-state index is 0. The van der Waals surface area contributed by atoms with Gasteiger partial charge >= 0.3 is 0 Å². The lowest BCUT2D eigenvalue weighted by atomic mass is 10.2. The summed E-state index contributed by atoms with van der Waals surface area (Å²) < 4.78 is 5.26. The molecule has 2 aromatic rings. The summed E-state index contributed by atoms with van der Waals surface area (Å²) >= 11 is 0. The van der Waals surface area contributed by atoms with E-state index in [0.717, 1.165) is 30.4 Å². The lowest BCUT2D eigenvalue weighted by Crippen LogP contribution is -2.36. The molecule has 0 unspecified atom stereocenters. The van der Waals surface area contributed by atoms with Gasteiger partial charge in [-0.1, -0.05) is 24.3 Å². The van der Waals surface area contributed by atoms with E-state index in [1.165, 1.54) is 11.3 Å². The van der Waals surface area contributed by atoms with Crippen molar-refractivity contribution >= 4 is 35.6 Å². The number of methoxy groups -OCH3 is 1. The van der Waals surface area contributed by atoms with Crippen molar-refractivity contribution in [3.8, 4) is 5.75 Å². The van der Waals surface area contributed by atoms with Crippen LogP contribution in [0.3, 0.4) is 0 Å². The summed E-state index contributed by atoms with van der Waals surface area (Å²) in [5.41, 5.74) is 3.53.